The lowest BCUT2D eigenvalue weighted by atomic mass is 9.99. The normalized spacial score (nSPS) is 11.8. The molecule has 2 aromatic rings. The van der Waals surface area contributed by atoms with Gasteiger partial charge in [0.05, 0.1) is 33.1 Å². The molecule has 0 saturated heterocycles. The first-order chi connectivity index (χ1) is 10.2. The predicted octanol–water partition coefficient (Wildman–Crippen LogP) is 2.55. The Hall–Kier alpha value is -2.27. The van der Waals surface area contributed by atoms with Crippen molar-refractivity contribution in [2.24, 2.45) is 5.73 Å². The van der Waals surface area contributed by atoms with Gasteiger partial charge in [-0.15, -0.1) is 0 Å². The second-order valence-electron chi connectivity index (χ2n) is 4.45. The molecule has 1 heterocycles. The number of hydrogen-bond donors (Lipinski definition) is 1. The van der Waals surface area contributed by atoms with Gasteiger partial charge in [0, 0.05) is 11.8 Å². The second kappa shape index (κ2) is 6.95. The van der Waals surface area contributed by atoms with Crippen molar-refractivity contribution < 1.29 is 14.2 Å². The molecular weight excluding hydrogens is 268 g/mol. The zero-order valence-electron chi connectivity index (χ0n) is 12.5. The molecule has 0 radical (unpaired) electrons. The highest BCUT2D eigenvalue weighted by Crippen LogP contribution is 2.36. The SMILES string of the molecule is CCOc1cncc(C(N)c2cccc(OC)c2OC)c1. The van der Waals surface area contributed by atoms with Gasteiger partial charge in [0.15, 0.2) is 11.5 Å². The molecule has 0 fully saturated rings. The molecular formula is C16H20N2O3. The van der Waals surface area contributed by atoms with Crippen LogP contribution in [-0.4, -0.2) is 25.8 Å². The number of pyridine rings is 1. The Bertz CT molecular complexity index is 602. The van der Waals surface area contributed by atoms with Gasteiger partial charge in [0.1, 0.15) is 5.75 Å². The van der Waals surface area contributed by atoms with Crippen LogP contribution in [0.1, 0.15) is 24.1 Å². The monoisotopic (exact) mass is 288 g/mol. The molecule has 2 N–H and O–H groups in total. The number of para-hydroxylation sites is 1. The van der Waals surface area contributed by atoms with Crippen LogP contribution in [0.5, 0.6) is 17.2 Å². The lowest BCUT2D eigenvalue weighted by Crippen LogP contribution is -2.14. The van der Waals surface area contributed by atoms with E-state index in [4.69, 9.17) is 19.9 Å². The van der Waals surface area contributed by atoms with Crippen LogP contribution in [0.4, 0.5) is 0 Å². The largest absolute Gasteiger partial charge is 0.493 e. The van der Waals surface area contributed by atoms with E-state index in [-0.39, 0.29) is 6.04 Å². The van der Waals surface area contributed by atoms with Gasteiger partial charge in [-0.1, -0.05) is 12.1 Å². The molecule has 5 heteroatoms. The number of aromatic nitrogens is 1. The minimum absolute atomic E-state index is 0.372. The summed E-state index contributed by atoms with van der Waals surface area (Å²) in [6, 6.07) is 7.16. The van der Waals surface area contributed by atoms with Crippen LogP contribution in [0.2, 0.25) is 0 Å². The van der Waals surface area contributed by atoms with Crippen LogP contribution in [-0.2, 0) is 0 Å². The molecule has 1 atom stereocenters. The first kappa shape index (κ1) is 15.1. The summed E-state index contributed by atoms with van der Waals surface area (Å²) in [6.07, 6.45) is 3.40. The highest BCUT2D eigenvalue weighted by Gasteiger charge is 2.18. The second-order valence-corrected chi connectivity index (χ2v) is 4.45. The van der Waals surface area contributed by atoms with E-state index in [9.17, 15) is 0 Å². The number of nitrogens with zero attached hydrogens (tertiary/aromatic N) is 1. The van der Waals surface area contributed by atoms with Crippen LogP contribution in [0.25, 0.3) is 0 Å². The Morgan fingerprint density at radius 1 is 1.19 bits per heavy atom. The minimum Gasteiger partial charge on any atom is -0.493 e. The molecule has 1 aromatic heterocycles. The summed E-state index contributed by atoms with van der Waals surface area (Å²) in [5.74, 6) is 1.99. The van der Waals surface area contributed by atoms with Crippen molar-refractivity contribution >= 4 is 0 Å². The number of methoxy groups -OCH3 is 2. The first-order valence-corrected chi connectivity index (χ1v) is 6.75. The lowest BCUT2D eigenvalue weighted by molar-refractivity contribution is 0.338. The maximum atomic E-state index is 6.35. The fourth-order valence-electron chi connectivity index (χ4n) is 2.19. The van der Waals surface area contributed by atoms with Crippen LogP contribution in [0, 0.1) is 0 Å². The molecule has 0 aliphatic heterocycles. The third-order valence-electron chi connectivity index (χ3n) is 3.17. The molecule has 0 aliphatic carbocycles. The van der Waals surface area contributed by atoms with E-state index in [1.54, 1.807) is 26.6 Å². The fraction of sp³-hybridized carbons (Fsp3) is 0.312. The van der Waals surface area contributed by atoms with Gasteiger partial charge in [-0.3, -0.25) is 4.98 Å². The minimum atomic E-state index is -0.372. The summed E-state index contributed by atoms with van der Waals surface area (Å²) in [5, 5.41) is 0. The zero-order valence-corrected chi connectivity index (χ0v) is 12.5. The van der Waals surface area contributed by atoms with Gasteiger partial charge in [-0.25, -0.2) is 0 Å². The molecule has 0 amide bonds. The molecule has 5 nitrogen and oxygen atoms in total. The van der Waals surface area contributed by atoms with E-state index in [0.29, 0.717) is 23.9 Å². The summed E-state index contributed by atoms with van der Waals surface area (Å²) >= 11 is 0. The van der Waals surface area contributed by atoms with Crippen molar-refractivity contribution in [2.75, 3.05) is 20.8 Å². The van der Waals surface area contributed by atoms with Crippen molar-refractivity contribution in [3.8, 4) is 17.2 Å². The molecule has 0 saturated carbocycles. The Balaban J connectivity index is 2.39. The number of benzene rings is 1. The van der Waals surface area contributed by atoms with Gasteiger partial charge in [0.25, 0.3) is 0 Å². The van der Waals surface area contributed by atoms with Crippen LogP contribution in [0.15, 0.2) is 36.7 Å². The van der Waals surface area contributed by atoms with Gasteiger partial charge in [-0.05, 0) is 24.6 Å². The van der Waals surface area contributed by atoms with Gasteiger partial charge in [0.2, 0.25) is 0 Å². The first-order valence-electron chi connectivity index (χ1n) is 6.75. The Morgan fingerprint density at radius 2 is 2.00 bits per heavy atom. The maximum Gasteiger partial charge on any atom is 0.165 e. The highest BCUT2D eigenvalue weighted by atomic mass is 16.5. The standard InChI is InChI=1S/C16H20N2O3/c1-4-21-12-8-11(9-18-10-12)15(17)13-6-5-7-14(19-2)16(13)20-3/h5-10,15H,4,17H2,1-3H3. The molecule has 0 aliphatic rings. The maximum absolute atomic E-state index is 6.35. The average Bonchev–Trinajstić information content (AvgIpc) is 2.53. The van der Waals surface area contributed by atoms with E-state index in [0.717, 1.165) is 11.1 Å². The Labute approximate surface area is 124 Å². The summed E-state index contributed by atoms with van der Waals surface area (Å²) in [4.78, 5) is 4.17. The lowest BCUT2D eigenvalue weighted by Gasteiger charge is -2.18. The summed E-state index contributed by atoms with van der Waals surface area (Å²) in [6.45, 7) is 2.51. The molecule has 1 unspecified atom stereocenters. The molecule has 2 rings (SSSR count). The van der Waals surface area contributed by atoms with Crippen molar-refractivity contribution in [3.63, 3.8) is 0 Å². The summed E-state index contributed by atoms with van der Waals surface area (Å²) < 4.78 is 16.2. The Morgan fingerprint density at radius 3 is 2.67 bits per heavy atom. The average molecular weight is 288 g/mol. The van der Waals surface area contributed by atoms with E-state index < -0.39 is 0 Å². The number of ether oxygens (including phenoxy) is 3. The predicted molar refractivity (Wildman–Crippen MR) is 81.0 cm³/mol. The third kappa shape index (κ3) is 3.25. The van der Waals surface area contributed by atoms with Crippen molar-refractivity contribution in [3.05, 3.63) is 47.8 Å². The highest BCUT2D eigenvalue weighted by molar-refractivity contribution is 5.50. The van der Waals surface area contributed by atoms with Crippen LogP contribution < -0.4 is 19.9 Å². The molecule has 21 heavy (non-hydrogen) atoms. The third-order valence-corrected chi connectivity index (χ3v) is 3.17. The van der Waals surface area contributed by atoms with E-state index in [2.05, 4.69) is 4.98 Å². The topological polar surface area (TPSA) is 66.6 Å². The van der Waals surface area contributed by atoms with Crippen molar-refractivity contribution in [2.45, 2.75) is 13.0 Å². The van der Waals surface area contributed by atoms with Gasteiger partial charge >= 0.3 is 0 Å². The summed E-state index contributed by atoms with van der Waals surface area (Å²) in [5.41, 5.74) is 8.04. The van der Waals surface area contributed by atoms with Gasteiger partial charge < -0.3 is 19.9 Å². The van der Waals surface area contributed by atoms with Crippen molar-refractivity contribution in [1.29, 1.82) is 0 Å². The molecule has 0 spiro atoms. The Kier molecular flexibility index (Phi) is 5.00. The smallest absolute Gasteiger partial charge is 0.165 e. The number of rotatable bonds is 6. The summed E-state index contributed by atoms with van der Waals surface area (Å²) in [7, 11) is 3.20. The number of nitrogens with two attached hydrogens (primary N) is 1. The van der Waals surface area contributed by atoms with Crippen LogP contribution in [0.3, 0.4) is 0 Å². The molecule has 0 bridgehead atoms. The van der Waals surface area contributed by atoms with E-state index in [1.807, 2.05) is 31.2 Å². The van der Waals surface area contributed by atoms with Crippen molar-refractivity contribution in [1.82, 2.24) is 4.98 Å². The van der Waals surface area contributed by atoms with Gasteiger partial charge in [-0.2, -0.15) is 0 Å². The van der Waals surface area contributed by atoms with Crippen LogP contribution >= 0.6 is 0 Å². The number of hydrogen-bond acceptors (Lipinski definition) is 5. The van der Waals surface area contributed by atoms with E-state index >= 15 is 0 Å². The molecule has 112 valence electrons. The molecule has 1 aromatic carbocycles. The fourth-order valence-corrected chi connectivity index (χ4v) is 2.19. The quantitative estimate of drug-likeness (QED) is 0.884. The zero-order chi connectivity index (χ0) is 15.2. The van der Waals surface area contributed by atoms with E-state index in [1.165, 1.54) is 0 Å².